The molecule has 0 unspecified atom stereocenters. The third-order valence-electron chi connectivity index (χ3n) is 4.87. The van der Waals surface area contributed by atoms with Crippen LogP contribution in [0.5, 0.6) is 0 Å². The van der Waals surface area contributed by atoms with Gasteiger partial charge in [0.25, 0.3) is 5.91 Å². The Labute approximate surface area is 140 Å². The predicted octanol–water partition coefficient (Wildman–Crippen LogP) is 2.96. The molecule has 1 aliphatic carbocycles. The second kappa shape index (κ2) is 6.11. The van der Waals surface area contributed by atoms with E-state index in [4.69, 9.17) is 4.74 Å². The minimum absolute atomic E-state index is 0.00155. The Morgan fingerprint density at radius 3 is 2.67 bits per heavy atom. The van der Waals surface area contributed by atoms with Gasteiger partial charge in [-0.05, 0) is 42.0 Å². The monoisotopic (exact) mass is 321 g/mol. The van der Waals surface area contributed by atoms with E-state index in [9.17, 15) is 9.59 Å². The van der Waals surface area contributed by atoms with Crippen LogP contribution < -0.4 is 5.32 Å². The topological polar surface area (TPSA) is 55.4 Å². The fraction of sp³-hybridized carbons (Fsp3) is 0.300. The SMILES string of the molecule is O=C1O[C@@H](C(=O)N[C@H]2CCCc3ccccc32)Cc2ccccc21. The number of amides is 1. The lowest BCUT2D eigenvalue weighted by Crippen LogP contribution is -2.43. The minimum atomic E-state index is -0.749. The van der Waals surface area contributed by atoms with E-state index in [1.807, 2.05) is 24.3 Å². The summed E-state index contributed by atoms with van der Waals surface area (Å²) in [5.74, 6) is -0.624. The molecule has 24 heavy (non-hydrogen) atoms. The number of hydrogen-bond donors (Lipinski definition) is 1. The smallest absolute Gasteiger partial charge is 0.339 e. The van der Waals surface area contributed by atoms with Crippen LogP contribution in [0, 0.1) is 0 Å². The van der Waals surface area contributed by atoms with Crippen LogP contribution in [-0.4, -0.2) is 18.0 Å². The van der Waals surface area contributed by atoms with Gasteiger partial charge in [-0.15, -0.1) is 0 Å². The first kappa shape index (κ1) is 14.9. The van der Waals surface area contributed by atoms with Crippen molar-refractivity contribution in [3.8, 4) is 0 Å². The van der Waals surface area contributed by atoms with Gasteiger partial charge in [-0.1, -0.05) is 42.5 Å². The summed E-state index contributed by atoms with van der Waals surface area (Å²) >= 11 is 0. The zero-order chi connectivity index (χ0) is 16.5. The van der Waals surface area contributed by atoms with Crippen LogP contribution in [0.2, 0.25) is 0 Å². The number of carbonyl (C=O) groups is 2. The summed E-state index contributed by atoms with van der Waals surface area (Å²) in [6.07, 6.45) is 2.70. The van der Waals surface area contributed by atoms with Crippen molar-refractivity contribution in [2.24, 2.45) is 0 Å². The summed E-state index contributed by atoms with van der Waals surface area (Å²) in [5.41, 5.74) is 3.90. The second-order valence-corrected chi connectivity index (χ2v) is 6.41. The van der Waals surface area contributed by atoms with E-state index in [2.05, 4.69) is 17.4 Å². The Morgan fingerprint density at radius 2 is 1.79 bits per heavy atom. The average molecular weight is 321 g/mol. The molecule has 1 amide bonds. The number of hydrogen-bond acceptors (Lipinski definition) is 3. The maximum atomic E-state index is 12.6. The third kappa shape index (κ3) is 2.68. The van der Waals surface area contributed by atoms with Crippen LogP contribution in [0.3, 0.4) is 0 Å². The minimum Gasteiger partial charge on any atom is -0.448 e. The van der Waals surface area contributed by atoms with Crippen LogP contribution in [-0.2, 0) is 22.4 Å². The van der Waals surface area contributed by atoms with Crippen molar-refractivity contribution < 1.29 is 14.3 Å². The highest BCUT2D eigenvalue weighted by atomic mass is 16.5. The van der Waals surface area contributed by atoms with Gasteiger partial charge in [0.15, 0.2) is 6.10 Å². The molecular weight excluding hydrogens is 302 g/mol. The van der Waals surface area contributed by atoms with E-state index in [1.165, 1.54) is 11.1 Å². The van der Waals surface area contributed by atoms with Crippen LogP contribution in [0.25, 0.3) is 0 Å². The van der Waals surface area contributed by atoms with Crippen LogP contribution in [0.15, 0.2) is 48.5 Å². The molecule has 2 aromatic carbocycles. The average Bonchev–Trinajstić information content (AvgIpc) is 2.62. The van der Waals surface area contributed by atoms with Crippen LogP contribution in [0.1, 0.15) is 45.9 Å². The van der Waals surface area contributed by atoms with E-state index >= 15 is 0 Å². The number of esters is 1. The zero-order valence-corrected chi connectivity index (χ0v) is 13.3. The quantitative estimate of drug-likeness (QED) is 0.865. The van der Waals surface area contributed by atoms with Crippen LogP contribution >= 0.6 is 0 Å². The highest BCUT2D eigenvalue weighted by Gasteiger charge is 2.32. The summed E-state index contributed by atoms with van der Waals surface area (Å²) in [5, 5.41) is 3.08. The maximum Gasteiger partial charge on any atom is 0.339 e. The fourth-order valence-corrected chi connectivity index (χ4v) is 3.65. The van der Waals surface area contributed by atoms with E-state index in [-0.39, 0.29) is 11.9 Å². The summed E-state index contributed by atoms with van der Waals surface area (Å²) in [6, 6.07) is 15.5. The molecule has 4 rings (SSSR count). The molecule has 1 heterocycles. The molecule has 0 bridgehead atoms. The van der Waals surface area contributed by atoms with Crippen LogP contribution in [0.4, 0.5) is 0 Å². The second-order valence-electron chi connectivity index (χ2n) is 6.41. The first-order valence-corrected chi connectivity index (χ1v) is 8.39. The van der Waals surface area contributed by atoms with Gasteiger partial charge in [0.1, 0.15) is 0 Å². The predicted molar refractivity (Wildman–Crippen MR) is 89.6 cm³/mol. The first-order valence-electron chi connectivity index (χ1n) is 8.39. The summed E-state index contributed by atoms with van der Waals surface area (Å²) in [6.45, 7) is 0. The van der Waals surface area contributed by atoms with Gasteiger partial charge in [-0.25, -0.2) is 4.79 Å². The van der Waals surface area contributed by atoms with Crippen molar-refractivity contribution in [1.29, 1.82) is 0 Å². The third-order valence-corrected chi connectivity index (χ3v) is 4.87. The summed E-state index contributed by atoms with van der Waals surface area (Å²) < 4.78 is 5.35. The molecule has 0 radical (unpaired) electrons. The fourth-order valence-electron chi connectivity index (χ4n) is 3.65. The van der Waals surface area contributed by atoms with Gasteiger partial charge >= 0.3 is 5.97 Å². The van der Waals surface area contributed by atoms with Crippen molar-refractivity contribution in [2.75, 3.05) is 0 Å². The van der Waals surface area contributed by atoms with Crippen molar-refractivity contribution in [2.45, 2.75) is 37.8 Å². The van der Waals surface area contributed by atoms with Gasteiger partial charge in [0, 0.05) is 6.42 Å². The van der Waals surface area contributed by atoms with Crippen molar-refractivity contribution in [1.82, 2.24) is 5.32 Å². The standard InChI is InChI=1S/C20H19NO3/c22-19(18-12-14-7-2-4-10-16(14)20(23)24-18)21-17-11-5-8-13-6-1-3-9-15(13)17/h1-4,6-7,9-10,17-18H,5,8,11-12H2,(H,21,22)/t17-,18+/m0/s1. The van der Waals surface area contributed by atoms with E-state index in [0.29, 0.717) is 12.0 Å². The molecule has 0 spiro atoms. The van der Waals surface area contributed by atoms with Gasteiger partial charge < -0.3 is 10.1 Å². The number of benzene rings is 2. The molecule has 4 nitrogen and oxygen atoms in total. The molecule has 0 aromatic heterocycles. The molecule has 2 aromatic rings. The molecule has 122 valence electrons. The van der Waals surface area contributed by atoms with Crippen molar-refractivity contribution in [3.63, 3.8) is 0 Å². The van der Waals surface area contributed by atoms with E-state index in [0.717, 1.165) is 24.8 Å². The lowest BCUT2D eigenvalue weighted by atomic mass is 9.87. The lowest BCUT2D eigenvalue weighted by molar-refractivity contribution is -0.131. The first-order chi connectivity index (χ1) is 11.7. The number of aryl methyl sites for hydroxylation is 1. The highest BCUT2D eigenvalue weighted by Crippen LogP contribution is 2.30. The molecule has 1 N–H and O–H groups in total. The Bertz CT molecular complexity index is 799. The van der Waals surface area contributed by atoms with Gasteiger partial charge in [-0.2, -0.15) is 0 Å². The van der Waals surface area contributed by atoms with Crippen molar-refractivity contribution >= 4 is 11.9 Å². The molecular formula is C20H19NO3. The molecule has 4 heteroatoms. The van der Waals surface area contributed by atoms with Gasteiger partial charge in [0.2, 0.25) is 0 Å². The van der Waals surface area contributed by atoms with Gasteiger partial charge in [0.05, 0.1) is 11.6 Å². The number of nitrogens with one attached hydrogen (secondary N) is 1. The van der Waals surface area contributed by atoms with Crippen molar-refractivity contribution in [3.05, 3.63) is 70.8 Å². The maximum absolute atomic E-state index is 12.6. The Morgan fingerprint density at radius 1 is 1.04 bits per heavy atom. The molecule has 2 aliphatic rings. The largest absolute Gasteiger partial charge is 0.448 e. The molecule has 2 atom stereocenters. The number of cyclic esters (lactones) is 1. The number of fused-ring (bicyclic) bond motifs is 2. The van der Waals surface area contributed by atoms with E-state index in [1.54, 1.807) is 12.1 Å². The highest BCUT2D eigenvalue weighted by molar-refractivity contribution is 5.95. The summed E-state index contributed by atoms with van der Waals surface area (Å²) in [4.78, 5) is 24.7. The molecule has 0 fully saturated rings. The number of rotatable bonds is 2. The molecule has 0 saturated heterocycles. The normalized spacial score (nSPS) is 22.1. The molecule has 0 saturated carbocycles. The van der Waals surface area contributed by atoms with E-state index < -0.39 is 12.1 Å². The Balaban J connectivity index is 1.51. The Kier molecular flexibility index (Phi) is 3.81. The lowest BCUT2D eigenvalue weighted by Gasteiger charge is -2.29. The number of ether oxygens (including phenoxy) is 1. The zero-order valence-electron chi connectivity index (χ0n) is 13.3. The molecule has 1 aliphatic heterocycles. The summed E-state index contributed by atoms with van der Waals surface area (Å²) in [7, 11) is 0. The van der Waals surface area contributed by atoms with Gasteiger partial charge in [-0.3, -0.25) is 4.79 Å². The Hall–Kier alpha value is -2.62. The number of carbonyl (C=O) groups excluding carboxylic acids is 2.